The topological polar surface area (TPSA) is 0 Å². The summed E-state index contributed by atoms with van der Waals surface area (Å²) >= 11 is 3.82. The lowest BCUT2D eigenvalue weighted by Crippen LogP contribution is -2.05. The molecule has 0 N–H and O–H groups in total. The minimum absolute atomic E-state index is 0.551. The van der Waals surface area contributed by atoms with Crippen LogP contribution in [0, 0.1) is 13.8 Å². The largest absolute Gasteiger partial charge is 0.0887 e. The molecule has 1 atom stereocenters. The van der Waals surface area contributed by atoms with E-state index < -0.39 is 0 Å². The molecule has 0 aromatic heterocycles. The third kappa shape index (κ3) is 4.50. The van der Waals surface area contributed by atoms with Gasteiger partial charge in [0.1, 0.15) is 0 Å². The van der Waals surface area contributed by atoms with Crippen molar-refractivity contribution in [2.45, 2.75) is 37.9 Å². The smallest absolute Gasteiger partial charge is 0.0189 e. The lowest BCUT2D eigenvalue weighted by Gasteiger charge is -2.12. The second-order valence-electron chi connectivity index (χ2n) is 5.25. The Morgan fingerprint density at radius 1 is 0.947 bits per heavy atom. The molecule has 0 fully saturated rings. The normalized spacial score (nSPS) is 12.4. The quantitative estimate of drug-likeness (QED) is 0.661. The van der Waals surface area contributed by atoms with Gasteiger partial charge in [-0.15, -0.1) is 0 Å². The molecule has 1 unspecified atom stereocenters. The van der Waals surface area contributed by atoms with Gasteiger partial charge in [0.2, 0.25) is 0 Å². The maximum Gasteiger partial charge on any atom is 0.0189 e. The highest BCUT2D eigenvalue weighted by Gasteiger charge is 2.07. The van der Waals surface area contributed by atoms with Crippen LogP contribution in [0.5, 0.6) is 0 Å². The molecule has 0 saturated carbocycles. The third-order valence-corrected chi connectivity index (χ3v) is 4.35. The van der Waals surface area contributed by atoms with Gasteiger partial charge in [0.25, 0.3) is 0 Å². The van der Waals surface area contributed by atoms with Crippen LogP contribution in [0.3, 0.4) is 0 Å². The second-order valence-corrected chi connectivity index (χ2v) is 6.55. The Bertz CT molecular complexity index is 513. The Morgan fingerprint density at radius 2 is 1.63 bits per heavy atom. The lowest BCUT2D eigenvalue weighted by atomic mass is 10.0. The average molecular weight is 317 g/mol. The molecule has 2 aromatic rings. The summed E-state index contributed by atoms with van der Waals surface area (Å²) < 4.78 is 0. The van der Waals surface area contributed by atoms with Gasteiger partial charge in [-0.2, -0.15) is 0 Å². The van der Waals surface area contributed by atoms with Crippen molar-refractivity contribution in [3.63, 3.8) is 0 Å². The van der Waals surface area contributed by atoms with E-state index in [9.17, 15) is 0 Å². The summed E-state index contributed by atoms with van der Waals surface area (Å²) in [5.41, 5.74) is 5.61. The molecule has 0 radical (unpaired) electrons. The van der Waals surface area contributed by atoms with E-state index in [1.165, 1.54) is 28.7 Å². The summed E-state index contributed by atoms with van der Waals surface area (Å²) in [6, 6.07) is 17.5. The Labute approximate surface area is 125 Å². The van der Waals surface area contributed by atoms with Gasteiger partial charge in [-0.3, -0.25) is 0 Å². The molecular formula is C18H21Br. The summed E-state index contributed by atoms with van der Waals surface area (Å²) in [6.07, 6.45) is 3.43. The van der Waals surface area contributed by atoms with Gasteiger partial charge < -0.3 is 0 Å². The van der Waals surface area contributed by atoms with Crippen molar-refractivity contribution in [1.82, 2.24) is 0 Å². The Morgan fingerprint density at radius 3 is 2.32 bits per heavy atom. The first-order valence-corrected chi connectivity index (χ1v) is 7.81. The van der Waals surface area contributed by atoms with Crippen LogP contribution >= 0.6 is 15.9 Å². The minimum atomic E-state index is 0.551. The number of rotatable bonds is 5. The molecule has 2 rings (SSSR count). The fraction of sp³-hybridized carbons (Fsp3) is 0.333. The molecule has 0 amide bonds. The van der Waals surface area contributed by atoms with Gasteiger partial charge in [-0.05, 0) is 49.8 Å². The van der Waals surface area contributed by atoms with Crippen molar-refractivity contribution in [3.05, 3.63) is 70.8 Å². The SMILES string of the molecule is Cc1ccc(CCC(Br)Cc2ccccc2C)cc1. The fourth-order valence-electron chi connectivity index (χ4n) is 2.26. The molecule has 0 aliphatic heterocycles. The predicted octanol–water partition coefficient (Wildman–Crippen LogP) is 5.24. The van der Waals surface area contributed by atoms with E-state index >= 15 is 0 Å². The summed E-state index contributed by atoms with van der Waals surface area (Å²) in [5, 5.41) is 0. The molecule has 0 spiro atoms. The first-order chi connectivity index (χ1) is 9.15. The van der Waals surface area contributed by atoms with Crippen LogP contribution in [-0.4, -0.2) is 4.83 Å². The third-order valence-electron chi connectivity index (χ3n) is 3.57. The number of benzene rings is 2. The first kappa shape index (κ1) is 14.3. The second kappa shape index (κ2) is 6.91. The minimum Gasteiger partial charge on any atom is -0.0887 e. The van der Waals surface area contributed by atoms with Gasteiger partial charge in [-0.25, -0.2) is 0 Å². The van der Waals surface area contributed by atoms with Gasteiger partial charge in [-0.1, -0.05) is 70.0 Å². The number of hydrogen-bond acceptors (Lipinski definition) is 0. The zero-order valence-electron chi connectivity index (χ0n) is 11.7. The summed E-state index contributed by atoms with van der Waals surface area (Å²) in [7, 11) is 0. The van der Waals surface area contributed by atoms with Crippen molar-refractivity contribution in [2.75, 3.05) is 0 Å². The first-order valence-electron chi connectivity index (χ1n) is 6.89. The van der Waals surface area contributed by atoms with Crippen LogP contribution in [0.1, 0.15) is 28.7 Å². The standard InChI is InChI=1S/C18H21Br/c1-14-7-9-16(10-8-14)11-12-18(19)13-17-6-4-3-5-15(17)2/h3-10,18H,11-13H2,1-2H3. The highest BCUT2D eigenvalue weighted by molar-refractivity contribution is 9.09. The zero-order chi connectivity index (χ0) is 13.7. The zero-order valence-corrected chi connectivity index (χ0v) is 13.3. The summed E-state index contributed by atoms with van der Waals surface area (Å²) in [6.45, 7) is 4.32. The van der Waals surface area contributed by atoms with E-state index in [0.717, 1.165) is 12.8 Å². The van der Waals surface area contributed by atoms with Gasteiger partial charge in [0.05, 0.1) is 0 Å². The molecule has 1 heteroatoms. The Hall–Kier alpha value is -1.08. The summed E-state index contributed by atoms with van der Waals surface area (Å²) in [5.74, 6) is 0. The molecule has 0 bridgehead atoms. The van der Waals surface area contributed by atoms with E-state index in [1.54, 1.807) is 0 Å². The average Bonchev–Trinajstić information content (AvgIpc) is 2.41. The Balaban J connectivity index is 1.86. The van der Waals surface area contributed by atoms with Crippen LogP contribution in [0.2, 0.25) is 0 Å². The maximum atomic E-state index is 3.82. The van der Waals surface area contributed by atoms with Gasteiger partial charge in [0, 0.05) is 4.83 Å². The predicted molar refractivity (Wildman–Crippen MR) is 87.1 cm³/mol. The molecule has 19 heavy (non-hydrogen) atoms. The van der Waals surface area contributed by atoms with Crippen LogP contribution in [-0.2, 0) is 12.8 Å². The van der Waals surface area contributed by atoms with Crippen LogP contribution < -0.4 is 0 Å². The van der Waals surface area contributed by atoms with E-state index in [4.69, 9.17) is 0 Å². The maximum absolute atomic E-state index is 3.82. The molecule has 0 heterocycles. The van der Waals surface area contributed by atoms with Gasteiger partial charge >= 0.3 is 0 Å². The summed E-state index contributed by atoms with van der Waals surface area (Å²) in [4.78, 5) is 0.551. The number of hydrogen-bond donors (Lipinski definition) is 0. The molecule has 100 valence electrons. The molecular weight excluding hydrogens is 296 g/mol. The van der Waals surface area contributed by atoms with Crippen LogP contribution in [0.4, 0.5) is 0 Å². The van der Waals surface area contributed by atoms with Crippen LogP contribution in [0.15, 0.2) is 48.5 Å². The van der Waals surface area contributed by atoms with E-state index in [1.807, 2.05) is 0 Å². The van der Waals surface area contributed by atoms with Crippen molar-refractivity contribution >= 4 is 15.9 Å². The lowest BCUT2D eigenvalue weighted by molar-refractivity contribution is 0.761. The van der Waals surface area contributed by atoms with Gasteiger partial charge in [0.15, 0.2) is 0 Å². The monoisotopic (exact) mass is 316 g/mol. The van der Waals surface area contributed by atoms with Crippen molar-refractivity contribution < 1.29 is 0 Å². The molecule has 0 aliphatic carbocycles. The highest BCUT2D eigenvalue weighted by Crippen LogP contribution is 2.18. The highest BCUT2D eigenvalue weighted by atomic mass is 79.9. The van der Waals surface area contributed by atoms with Crippen molar-refractivity contribution in [2.24, 2.45) is 0 Å². The Kier molecular flexibility index (Phi) is 5.21. The number of aryl methyl sites for hydroxylation is 3. The van der Waals surface area contributed by atoms with E-state index in [-0.39, 0.29) is 0 Å². The van der Waals surface area contributed by atoms with Crippen LogP contribution in [0.25, 0.3) is 0 Å². The van der Waals surface area contributed by atoms with Crippen molar-refractivity contribution in [1.29, 1.82) is 0 Å². The molecule has 2 aromatic carbocycles. The number of halogens is 1. The molecule has 0 nitrogen and oxygen atoms in total. The number of alkyl halides is 1. The molecule has 0 aliphatic rings. The van der Waals surface area contributed by atoms with E-state index in [0.29, 0.717) is 4.83 Å². The fourth-order valence-corrected chi connectivity index (χ4v) is 2.84. The van der Waals surface area contributed by atoms with Crippen molar-refractivity contribution in [3.8, 4) is 0 Å². The molecule has 0 saturated heterocycles. The van der Waals surface area contributed by atoms with E-state index in [2.05, 4.69) is 78.3 Å².